The maximum atomic E-state index is 14.5. The number of fused-ring (bicyclic) bond motifs is 5. The predicted octanol–water partition coefficient (Wildman–Crippen LogP) is 4.66. The largest absolute Gasteiger partial charge is 0.378 e. The van der Waals surface area contributed by atoms with Crippen molar-refractivity contribution in [2.24, 2.45) is 0 Å². The van der Waals surface area contributed by atoms with Crippen LogP contribution in [0.25, 0.3) is 32.8 Å². The van der Waals surface area contributed by atoms with E-state index in [1.54, 1.807) is 19.4 Å². The molecule has 0 aliphatic carbocycles. The highest BCUT2D eigenvalue weighted by Gasteiger charge is 2.43. The minimum atomic E-state index is -0.866. The van der Waals surface area contributed by atoms with Gasteiger partial charge in [0.1, 0.15) is 0 Å². The predicted molar refractivity (Wildman–Crippen MR) is 134 cm³/mol. The lowest BCUT2D eigenvalue weighted by atomic mass is 9.90. The van der Waals surface area contributed by atoms with Crippen LogP contribution in [0, 0.1) is 11.6 Å². The van der Waals surface area contributed by atoms with Crippen molar-refractivity contribution in [2.75, 3.05) is 46.4 Å². The van der Waals surface area contributed by atoms with Gasteiger partial charge in [-0.25, -0.2) is 13.8 Å². The number of H-pyrrole nitrogens is 1. The van der Waals surface area contributed by atoms with Gasteiger partial charge in [-0.2, -0.15) is 5.10 Å². The standard InChI is InChI=1S/C27H30F2N5O/c1-27(2,35-3)15-24-25(17-4-5-21(28)22(29)13-17)19-12-18-16-30-32-23(18)14-20(19)26(31-24)34-9-6-33(7-10-34)8-11-34/h4-5,12-14,16H,6-11,15H2,1-3H3,(H,30,32)/q+1. The Kier molecular flexibility index (Phi) is 5.18. The van der Waals surface area contributed by atoms with Gasteiger partial charge in [0.15, 0.2) is 11.6 Å². The lowest BCUT2D eigenvalue weighted by molar-refractivity contribution is 0.0223. The Balaban J connectivity index is 1.70. The number of hydrogen-bond acceptors (Lipinski definition) is 4. The lowest BCUT2D eigenvalue weighted by Crippen LogP contribution is -2.68. The summed E-state index contributed by atoms with van der Waals surface area (Å²) in [5.74, 6) is -0.665. The molecule has 0 atom stereocenters. The Morgan fingerprint density at radius 3 is 2.46 bits per heavy atom. The minimum absolute atomic E-state index is 0.481. The van der Waals surface area contributed by atoms with Crippen molar-refractivity contribution < 1.29 is 13.5 Å². The van der Waals surface area contributed by atoms with Crippen molar-refractivity contribution in [3.8, 4) is 11.1 Å². The fourth-order valence-electron chi connectivity index (χ4n) is 5.71. The summed E-state index contributed by atoms with van der Waals surface area (Å²) in [6, 6.07) is 8.35. The van der Waals surface area contributed by atoms with Crippen LogP contribution in [-0.2, 0) is 11.2 Å². The second-order valence-corrected chi connectivity index (χ2v) is 10.5. The average Bonchev–Trinajstić information content (AvgIpc) is 3.32. The highest BCUT2D eigenvalue weighted by Crippen LogP contribution is 2.42. The number of hydrogen-bond donors (Lipinski definition) is 1. The van der Waals surface area contributed by atoms with Crippen LogP contribution in [0.15, 0.2) is 36.5 Å². The van der Waals surface area contributed by atoms with Crippen LogP contribution in [0.2, 0.25) is 0 Å². The van der Waals surface area contributed by atoms with Crippen LogP contribution in [0.1, 0.15) is 19.5 Å². The van der Waals surface area contributed by atoms with Gasteiger partial charge < -0.3 is 4.74 Å². The molecule has 35 heavy (non-hydrogen) atoms. The van der Waals surface area contributed by atoms with Gasteiger partial charge in [-0.15, -0.1) is 0 Å². The van der Waals surface area contributed by atoms with Crippen molar-refractivity contribution in [3.05, 3.63) is 53.9 Å². The van der Waals surface area contributed by atoms with Gasteiger partial charge in [-0.05, 0) is 49.1 Å². The van der Waals surface area contributed by atoms with Crippen molar-refractivity contribution >= 4 is 27.5 Å². The molecule has 2 bridgehead atoms. The average molecular weight is 479 g/mol. The third-order valence-electron chi connectivity index (χ3n) is 7.95. The fraction of sp³-hybridized carbons (Fsp3) is 0.407. The topological polar surface area (TPSA) is 54.0 Å². The number of ether oxygens (including phenoxy) is 1. The smallest absolute Gasteiger partial charge is 0.235 e. The van der Waals surface area contributed by atoms with Gasteiger partial charge in [-0.3, -0.25) is 14.5 Å². The first kappa shape index (κ1) is 22.5. The molecular formula is C27H30F2N5O+. The highest BCUT2D eigenvalue weighted by molar-refractivity contribution is 6.08. The van der Waals surface area contributed by atoms with E-state index in [2.05, 4.69) is 27.2 Å². The monoisotopic (exact) mass is 478 g/mol. The number of nitrogens with zero attached hydrogens (tertiary/aromatic N) is 4. The molecule has 6 nitrogen and oxygen atoms in total. The second kappa shape index (κ2) is 8.05. The van der Waals surface area contributed by atoms with Crippen LogP contribution in [0.5, 0.6) is 0 Å². The molecular weight excluding hydrogens is 448 g/mol. The van der Waals surface area contributed by atoms with E-state index in [4.69, 9.17) is 9.72 Å². The summed E-state index contributed by atoms with van der Waals surface area (Å²) in [4.78, 5) is 7.88. The number of aromatic amines is 1. The van der Waals surface area contributed by atoms with Crippen LogP contribution < -0.4 is 4.48 Å². The Morgan fingerprint density at radius 1 is 1.03 bits per heavy atom. The molecule has 0 saturated carbocycles. The Hall–Kier alpha value is -2.94. The van der Waals surface area contributed by atoms with Crippen LogP contribution in [0.4, 0.5) is 14.6 Å². The van der Waals surface area contributed by atoms with E-state index < -0.39 is 17.2 Å². The van der Waals surface area contributed by atoms with Gasteiger partial charge in [0.25, 0.3) is 0 Å². The number of aromatic nitrogens is 3. The van der Waals surface area contributed by atoms with E-state index in [0.29, 0.717) is 12.0 Å². The summed E-state index contributed by atoms with van der Waals surface area (Å²) in [6.45, 7) is 10.3. The second-order valence-electron chi connectivity index (χ2n) is 10.5. The third-order valence-corrected chi connectivity index (χ3v) is 7.95. The maximum Gasteiger partial charge on any atom is 0.235 e. The molecule has 0 radical (unpaired) electrons. The lowest BCUT2D eigenvalue weighted by Gasteiger charge is -2.49. The zero-order valence-electron chi connectivity index (χ0n) is 20.4. The quantitative estimate of drug-likeness (QED) is 0.424. The molecule has 0 amide bonds. The van der Waals surface area contributed by atoms with Gasteiger partial charge in [-0.1, -0.05) is 6.07 Å². The first-order chi connectivity index (χ1) is 16.8. The van der Waals surface area contributed by atoms with Gasteiger partial charge >= 0.3 is 0 Å². The molecule has 182 valence electrons. The molecule has 2 aromatic carbocycles. The molecule has 8 heteroatoms. The van der Waals surface area contributed by atoms with E-state index in [0.717, 1.165) is 82.5 Å². The van der Waals surface area contributed by atoms with Gasteiger partial charge in [0, 0.05) is 44.1 Å². The summed E-state index contributed by atoms with van der Waals surface area (Å²) in [6.07, 6.45) is 2.34. The first-order valence-electron chi connectivity index (χ1n) is 12.2. The number of methoxy groups -OCH3 is 1. The zero-order chi connectivity index (χ0) is 24.4. The van der Waals surface area contributed by atoms with E-state index in [1.165, 1.54) is 12.1 Å². The summed E-state index contributed by atoms with van der Waals surface area (Å²) in [7, 11) is 1.69. The molecule has 7 rings (SSSR count). The van der Waals surface area contributed by atoms with E-state index in [1.807, 2.05) is 13.8 Å². The van der Waals surface area contributed by atoms with E-state index >= 15 is 0 Å². The normalized spacial score (nSPS) is 22.4. The molecule has 3 aliphatic heterocycles. The summed E-state index contributed by atoms with van der Waals surface area (Å²) in [5, 5.41) is 10.3. The summed E-state index contributed by atoms with van der Waals surface area (Å²) >= 11 is 0. The number of rotatable bonds is 5. The third kappa shape index (κ3) is 3.71. The van der Waals surface area contributed by atoms with E-state index in [-0.39, 0.29) is 0 Å². The number of piperazine rings is 3. The zero-order valence-corrected chi connectivity index (χ0v) is 20.4. The summed E-state index contributed by atoms with van der Waals surface area (Å²) < 4.78 is 35.0. The highest BCUT2D eigenvalue weighted by atomic mass is 19.2. The molecule has 3 saturated heterocycles. The Morgan fingerprint density at radius 2 is 1.77 bits per heavy atom. The van der Waals surface area contributed by atoms with Crippen molar-refractivity contribution in [1.82, 2.24) is 24.6 Å². The SMILES string of the molecule is COC(C)(C)Cc1nc([N+]23CCN(CC2)CC3)c2cc3[nH]ncc3cc2c1-c1ccc(F)c(F)c1. The fourth-order valence-corrected chi connectivity index (χ4v) is 5.71. The molecule has 3 fully saturated rings. The summed E-state index contributed by atoms with van der Waals surface area (Å²) in [5.41, 5.74) is 2.74. The van der Waals surface area contributed by atoms with Gasteiger partial charge in [0.2, 0.25) is 5.82 Å². The van der Waals surface area contributed by atoms with Crippen LogP contribution in [-0.4, -0.2) is 72.1 Å². The van der Waals surface area contributed by atoms with Crippen molar-refractivity contribution in [1.29, 1.82) is 0 Å². The molecule has 0 unspecified atom stereocenters. The molecule has 0 spiro atoms. The molecule has 1 N–H and O–H groups in total. The number of pyridine rings is 1. The minimum Gasteiger partial charge on any atom is -0.378 e. The number of quaternary nitrogens is 1. The molecule has 2 aromatic heterocycles. The van der Waals surface area contributed by atoms with E-state index in [9.17, 15) is 8.78 Å². The first-order valence-corrected chi connectivity index (χ1v) is 12.2. The van der Waals surface area contributed by atoms with Crippen molar-refractivity contribution in [2.45, 2.75) is 25.9 Å². The Labute approximate surface area is 203 Å². The van der Waals surface area contributed by atoms with Crippen LogP contribution in [0.3, 0.4) is 0 Å². The molecule has 3 aliphatic rings. The molecule has 5 heterocycles. The molecule has 4 aromatic rings. The number of halogens is 2. The number of benzene rings is 2. The Bertz CT molecular complexity index is 1430. The van der Waals surface area contributed by atoms with Crippen LogP contribution >= 0.6 is 0 Å². The van der Waals surface area contributed by atoms with Crippen molar-refractivity contribution in [3.63, 3.8) is 0 Å². The number of nitrogens with one attached hydrogen (secondary N) is 1. The van der Waals surface area contributed by atoms with Gasteiger partial charge in [0.05, 0.1) is 48.0 Å². The maximum absolute atomic E-state index is 14.5.